The molecular weight excluding hydrogens is 264 g/mol. The maximum absolute atomic E-state index is 9.89. The predicted molar refractivity (Wildman–Crippen MR) is 85.5 cm³/mol. The number of nitrogens with one attached hydrogen (secondary N) is 1. The van der Waals surface area contributed by atoms with Gasteiger partial charge in [-0.2, -0.15) is 0 Å². The van der Waals surface area contributed by atoms with Crippen molar-refractivity contribution in [3.8, 4) is 5.88 Å². The van der Waals surface area contributed by atoms with E-state index in [-0.39, 0.29) is 6.10 Å². The van der Waals surface area contributed by atoms with Crippen LogP contribution in [0.3, 0.4) is 0 Å². The zero-order valence-electron chi connectivity index (χ0n) is 13.0. The summed E-state index contributed by atoms with van der Waals surface area (Å²) in [6, 6.07) is 10.1. The van der Waals surface area contributed by atoms with Gasteiger partial charge in [-0.1, -0.05) is 32.0 Å². The second-order valence-electron chi connectivity index (χ2n) is 5.76. The average Bonchev–Trinajstić information content (AvgIpc) is 2.45. The molecule has 21 heavy (non-hydrogen) atoms. The fourth-order valence-electron chi connectivity index (χ4n) is 2.45. The van der Waals surface area contributed by atoms with E-state index in [4.69, 9.17) is 4.74 Å². The molecule has 114 valence electrons. The number of ether oxygens (including phenoxy) is 1. The van der Waals surface area contributed by atoms with E-state index in [9.17, 15) is 5.11 Å². The van der Waals surface area contributed by atoms with Crippen molar-refractivity contribution in [1.29, 1.82) is 0 Å². The van der Waals surface area contributed by atoms with Gasteiger partial charge in [0.1, 0.15) is 0 Å². The lowest BCUT2D eigenvalue weighted by molar-refractivity contribution is 0.146. The van der Waals surface area contributed by atoms with E-state index in [0.29, 0.717) is 24.9 Å². The van der Waals surface area contributed by atoms with Crippen LogP contribution in [0.4, 0.5) is 0 Å². The Labute approximate surface area is 126 Å². The molecule has 4 nitrogen and oxygen atoms in total. The first-order chi connectivity index (χ1) is 10.1. The number of rotatable bonds is 7. The average molecular weight is 288 g/mol. The number of nitrogens with zero attached hydrogens (tertiary/aromatic N) is 1. The largest absolute Gasteiger partial charge is 0.481 e. The second-order valence-corrected chi connectivity index (χ2v) is 5.76. The summed E-state index contributed by atoms with van der Waals surface area (Å²) in [6.45, 7) is 5.43. The number of fused-ring (bicyclic) bond motifs is 1. The van der Waals surface area contributed by atoms with Crippen LogP contribution in [0.15, 0.2) is 30.3 Å². The van der Waals surface area contributed by atoms with E-state index in [2.05, 4.69) is 30.2 Å². The smallest absolute Gasteiger partial charge is 0.218 e. The molecule has 0 aliphatic rings. The maximum Gasteiger partial charge on any atom is 0.218 e. The standard InChI is InChI=1S/C17H24N2O2/c1-12(2)8-15(20)11-18-10-14-9-13-6-4-5-7-16(13)19-17(14)21-3/h4-7,9,12,15,18,20H,8,10-11H2,1-3H3. The molecular formula is C17H24N2O2. The van der Waals surface area contributed by atoms with Crippen molar-refractivity contribution in [3.63, 3.8) is 0 Å². The van der Waals surface area contributed by atoms with Crippen molar-refractivity contribution in [2.75, 3.05) is 13.7 Å². The van der Waals surface area contributed by atoms with E-state index in [1.54, 1.807) is 7.11 Å². The number of aliphatic hydroxyl groups is 1. The number of para-hydroxylation sites is 1. The van der Waals surface area contributed by atoms with Crippen molar-refractivity contribution in [2.24, 2.45) is 5.92 Å². The number of pyridine rings is 1. The number of methoxy groups -OCH3 is 1. The van der Waals surface area contributed by atoms with Crippen LogP contribution in [0, 0.1) is 5.92 Å². The minimum Gasteiger partial charge on any atom is -0.481 e. The highest BCUT2D eigenvalue weighted by molar-refractivity contribution is 5.80. The summed E-state index contributed by atoms with van der Waals surface area (Å²) in [5, 5.41) is 14.3. The quantitative estimate of drug-likeness (QED) is 0.822. The van der Waals surface area contributed by atoms with Gasteiger partial charge in [0.05, 0.1) is 18.7 Å². The highest BCUT2D eigenvalue weighted by Gasteiger charge is 2.09. The number of aromatic nitrogens is 1. The summed E-state index contributed by atoms with van der Waals surface area (Å²) in [5.41, 5.74) is 1.94. The van der Waals surface area contributed by atoms with Crippen molar-refractivity contribution < 1.29 is 9.84 Å². The van der Waals surface area contributed by atoms with Crippen molar-refractivity contribution >= 4 is 10.9 Å². The van der Waals surface area contributed by atoms with Crippen molar-refractivity contribution in [2.45, 2.75) is 32.9 Å². The molecule has 1 heterocycles. The third-order valence-electron chi connectivity index (χ3n) is 3.40. The number of aliphatic hydroxyl groups excluding tert-OH is 1. The third kappa shape index (κ3) is 4.41. The Morgan fingerprint density at radius 2 is 2.05 bits per heavy atom. The summed E-state index contributed by atoms with van der Waals surface area (Å²) in [6.07, 6.45) is 0.490. The van der Waals surface area contributed by atoms with Crippen LogP contribution in [-0.4, -0.2) is 29.8 Å². The molecule has 0 aliphatic heterocycles. The fraction of sp³-hybridized carbons (Fsp3) is 0.471. The summed E-state index contributed by atoms with van der Waals surface area (Å²) in [7, 11) is 1.63. The minimum absolute atomic E-state index is 0.315. The van der Waals surface area contributed by atoms with Gasteiger partial charge in [0.25, 0.3) is 0 Å². The molecule has 1 unspecified atom stereocenters. The van der Waals surface area contributed by atoms with Crippen molar-refractivity contribution in [1.82, 2.24) is 10.3 Å². The Morgan fingerprint density at radius 1 is 1.29 bits per heavy atom. The number of benzene rings is 1. The lowest BCUT2D eigenvalue weighted by atomic mass is 10.1. The topological polar surface area (TPSA) is 54.4 Å². The molecule has 0 radical (unpaired) electrons. The molecule has 0 bridgehead atoms. The zero-order valence-corrected chi connectivity index (χ0v) is 13.0. The third-order valence-corrected chi connectivity index (χ3v) is 3.40. The van der Waals surface area contributed by atoms with Gasteiger partial charge in [0, 0.05) is 24.0 Å². The van der Waals surface area contributed by atoms with E-state index >= 15 is 0 Å². The summed E-state index contributed by atoms with van der Waals surface area (Å²) >= 11 is 0. The molecule has 0 fully saturated rings. The highest BCUT2D eigenvalue weighted by Crippen LogP contribution is 2.21. The van der Waals surface area contributed by atoms with Gasteiger partial charge in [-0.25, -0.2) is 4.98 Å². The normalized spacial score (nSPS) is 12.8. The van der Waals surface area contributed by atoms with Gasteiger partial charge in [-0.05, 0) is 24.5 Å². The lowest BCUT2D eigenvalue weighted by Gasteiger charge is -2.15. The maximum atomic E-state index is 9.89. The van der Waals surface area contributed by atoms with Gasteiger partial charge < -0.3 is 15.2 Å². The van der Waals surface area contributed by atoms with Gasteiger partial charge in [0.2, 0.25) is 5.88 Å². The summed E-state index contributed by atoms with van der Waals surface area (Å²) in [5.74, 6) is 1.14. The fourth-order valence-corrected chi connectivity index (χ4v) is 2.45. The monoisotopic (exact) mass is 288 g/mol. The minimum atomic E-state index is -0.315. The molecule has 1 atom stereocenters. The van der Waals surface area contributed by atoms with Crippen LogP contribution in [0.5, 0.6) is 5.88 Å². The van der Waals surface area contributed by atoms with Gasteiger partial charge in [-0.15, -0.1) is 0 Å². The Bertz CT molecular complexity index is 584. The molecule has 2 aromatic rings. The van der Waals surface area contributed by atoms with Crippen LogP contribution < -0.4 is 10.1 Å². The molecule has 0 aliphatic carbocycles. The SMILES string of the molecule is COc1nc2ccccc2cc1CNCC(O)CC(C)C. The van der Waals surface area contributed by atoms with E-state index in [1.807, 2.05) is 24.3 Å². The molecule has 2 N–H and O–H groups in total. The Kier molecular flexibility index (Phi) is 5.53. The molecule has 1 aromatic carbocycles. The molecule has 2 rings (SSSR count). The van der Waals surface area contributed by atoms with Crippen molar-refractivity contribution in [3.05, 3.63) is 35.9 Å². The molecule has 1 aromatic heterocycles. The Morgan fingerprint density at radius 3 is 2.76 bits per heavy atom. The van der Waals surface area contributed by atoms with Crippen LogP contribution in [0.2, 0.25) is 0 Å². The van der Waals surface area contributed by atoms with Gasteiger partial charge in [-0.3, -0.25) is 0 Å². The van der Waals surface area contributed by atoms with E-state index < -0.39 is 0 Å². The van der Waals surface area contributed by atoms with E-state index in [1.165, 1.54) is 0 Å². The van der Waals surface area contributed by atoms with Crippen LogP contribution in [0.1, 0.15) is 25.8 Å². The number of hydrogen-bond donors (Lipinski definition) is 2. The predicted octanol–water partition coefficient (Wildman–Crippen LogP) is 2.74. The zero-order chi connectivity index (χ0) is 15.2. The first-order valence-electron chi connectivity index (χ1n) is 7.41. The van der Waals surface area contributed by atoms with Gasteiger partial charge >= 0.3 is 0 Å². The molecule has 0 saturated carbocycles. The lowest BCUT2D eigenvalue weighted by Crippen LogP contribution is -2.27. The molecule has 0 saturated heterocycles. The van der Waals surface area contributed by atoms with Gasteiger partial charge in [0.15, 0.2) is 0 Å². The summed E-state index contributed by atoms with van der Waals surface area (Å²) < 4.78 is 5.36. The van der Waals surface area contributed by atoms with E-state index in [0.717, 1.165) is 22.9 Å². The Hall–Kier alpha value is -1.65. The number of hydrogen-bond acceptors (Lipinski definition) is 4. The molecule has 0 amide bonds. The molecule has 4 heteroatoms. The summed E-state index contributed by atoms with van der Waals surface area (Å²) in [4.78, 5) is 4.52. The Balaban J connectivity index is 2.03. The first-order valence-corrected chi connectivity index (χ1v) is 7.41. The molecule has 0 spiro atoms. The second kappa shape index (κ2) is 7.38. The highest BCUT2D eigenvalue weighted by atomic mass is 16.5. The van der Waals surface area contributed by atoms with Crippen LogP contribution >= 0.6 is 0 Å². The first kappa shape index (κ1) is 15.7. The van der Waals surface area contributed by atoms with Crippen LogP contribution in [-0.2, 0) is 6.54 Å². The van der Waals surface area contributed by atoms with Crippen LogP contribution in [0.25, 0.3) is 10.9 Å².